The summed E-state index contributed by atoms with van der Waals surface area (Å²) in [7, 11) is 3.73. The number of hydrogen-bond acceptors (Lipinski definition) is 4. The lowest BCUT2D eigenvalue weighted by Gasteiger charge is -2.31. The van der Waals surface area contributed by atoms with Crippen molar-refractivity contribution in [3.63, 3.8) is 0 Å². The lowest BCUT2D eigenvalue weighted by molar-refractivity contribution is -0.140. The molecule has 0 rings (SSSR count). The van der Waals surface area contributed by atoms with Crippen LogP contribution in [-0.4, -0.2) is 89.7 Å². The lowest BCUT2D eigenvalue weighted by atomic mass is 10.2. The Morgan fingerprint density at radius 2 is 1.38 bits per heavy atom. The van der Waals surface area contributed by atoms with Crippen LogP contribution >= 0.6 is 0 Å². The SMILES string of the molecule is CC(C)CN(CCN(C)C)C(=O)N(CC(=O)O)CC(=O)O. The predicted molar refractivity (Wildman–Crippen MR) is 77.2 cm³/mol. The molecule has 2 amide bonds. The van der Waals surface area contributed by atoms with Crippen LogP contribution in [0.2, 0.25) is 0 Å². The Labute approximate surface area is 124 Å². The summed E-state index contributed by atoms with van der Waals surface area (Å²) in [5.41, 5.74) is 0. The van der Waals surface area contributed by atoms with E-state index in [2.05, 4.69) is 0 Å². The number of hydrogen-bond donors (Lipinski definition) is 2. The molecule has 0 saturated heterocycles. The van der Waals surface area contributed by atoms with Crippen molar-refractivity contribution in [2.45, 2.75) is 13.8 Å². The van der Waals surface area contributed by atoms with Crippen LogP contribution in [-0.2, 0) is 9.59 Å². The van der Waals surface area contributed by atoms with E-state index in [9.17, 15) is 14.4 Å². The largest absolute Gasteiger partial charge is 0.480 e. The van der Waals surface area contributed by atoms with E-state index in [0.29, 0.717) is 19.6 Å². The molecule has 0 fully saturated rings. The zero-order chi connectivity index (χ0) is 16.6. The van der Waals surface area contributed by atoms with E-state index in [-0.39, 0.29) is 5.92 Å². The number of urea groups is 1. The number of rotatable bonds is 9. The van der Waals surface area contributed by atoms with Gasteiger partial charge in [-0.1, -0.05) is 13.8 Å². The summed E-state index contributed by atoms with van der Waals surface area (Å²) in [6.07, 6.45) is 0. The number of aliphatic carboxylic acids is 2. The van der Waals surface area contributed by atoms with Gasteiger partial charge in [-0.3, -0.25) is 9.59 Å². The number of carbonyl (C=O) groups excluding carboxylic acids is 1. The summed E-state index contributed by atoms with van der Waals surface area (Å²) < 4.78 is 0. The molecule has 2 N–H and O–H groups in total. The lowest BCUT2D eigenvalue weighted by Crippen LogP contribution is -2.50. The Hall–Kier alpha value is -1.83. The molecule has 8 heteroatoms. The van der Waals surface area contributed by atoms with Crippen molar-refractivity contribution in [3.8, 4) is 0 Å². The van der Waals surface area contributed by atoms with E-state index < -0.39 is 31.1 Å². The average Bonchev–Trinajstić information content (AvgIpc) is 2.30. The minimum Gasteiger partial charge on any atom is -0.480 e. The maximum Gasteiger partial charge on any atom is 0.323 e. The van der Waals surface area contributed by atoms with Crippen molar-refractivity contribution >= 4 is 18.0 Å². The number of carbonyl (C=O) groups is 3. The van der Waals surface area contributed by atoms with Gasteiger partial charge in [0.05, 0.1) is 0 Å². The standard InChI is InChI=1S/C13H25N3O5/c1-10(2)7-15(6-5-14(3)4)13(21)16(8-11(17)18)9-12(19)20/h10H,5-9H2,1-4H3,(H,17,18)(H,19,20). The van der Waals surface area contributed by atoms with Crippen LogP contribution in [0, 0.1) is 5.92 Å². The Morgan fingerprint density at radius 3 is 1.71 bits per heavy atom. The number of carboxylic acid groups (broad SMARTS) is 2. The Balaban J connectivity index is 4.97. The third kappa shape index (κ3) is 8.85. The van der Waals surface area contributed by atoms with Gasteiger partial charge in [0.1, 0.15) is 13.1 Å². The molecule has 0 aliphatic carbocycles. The van der Waals surface area contributed by atoms with Gasteiger partial charge in [0.2, 0.25) is 0 Å². The van der Waals surface area contributed by atoms with Crippen LogP contribution in [0.5, 0.6) is 0 Å². The molecule has 0 bridgehead atoms. The first-order valence-corrected chi connectivity index (χ1v) is 6.75. The highest BCUT2D eigenvalue weighted by molar-refractivity contribution is 5.84. The van der Waals surface area contributed by atoms with Crippen LogP contribution in [0.15, 0.2) is 0 Å². The molecule has 122 valence electrons. The smallest absolute Gasteiger partial charge is 0.323 e. The molecular formula is C13H25N3O5. The van der Waals surface area contributed by atoms with Crippen molar-refractivity contribution in [3.05, 3.63) is 0 Å². The fourth-order valence-electron chi connectivity index (χ4n) is 1.74. The molecule has 21 heavy (non-hydrogen) atoms. The molecule has 0 saturated carbocycles. The second kappa shape index (κ2) is 9.17. The van der Waals surface area contributed by atoms with Gasteiger partial charge in [-0.2, -0.15) is 0 Å². The van der Waals surface area contributed by atoms with Gasteiger partial charge >= 0.3 is 18.0 Å². The highest BCUT2D eigenvalue weighted by Gasteiger charge is 2.25. The zero-order valence-electron chi connectivity index (χ0n) is 13.1. The molecule has 0 unspecified atom stereocenters. The Bertz CT molecular complexity index is 355. The Morgan fingerprint density at radius 1 is 0.905 bits per heavy atom. The molecule has 8 nitrogen and oxygen atoms in total. The highest BCUT2D eigenvalue weighted by Crippen LogP contribution is 2.05. The van der Waals surface area contributed by atoms with Gasteiger partial charge in [0.15, 0.2) is 0 Å². The summed E-state index contributed by atoms with van der Waals surface area (Å²) in [4.78, 5) is 38.2. The van der Waals surface area contributed by atoms with Crippen LogP contribution in [0.4, 0.5) is 4.79 Å². The fraction of sp³-hybridized carbons (Fsp3) is 0.769. The summed E-state index contributed by atoms with van der Waals surface area (Å²) in [6.45, 7) is 4.11. The normalized spacial score (nSPS) is 10.8. The minimum atomic E-state index is -1.23. The predicted octanol–water partition coefficient (Wildman–Crippen LogP) is 0.0972. The molecule has 0 aliphatic rings. The van der Waals surface area contributed by atoms with Crippen LogP contribution in [0.1, 0.15) is 13.8 Å². The van der Waals surface area contributed by atoms with E-state index in [0.717, 1.165) is 4.90 Å². The summed E-state index contributed by atoms with van der Waals surface area (Å²) in [5, 5.41) is 17.6. The van der Waals surface area contributed by atoms with E-state index in [4.69, 9.17) is 10.2 Å². The van der Waals surface area contributed by atoms with E-state index >= 15 is 0 Å². The summed E-state index contributed by atoms with van der Waals surface area (Å²) in [6, 6.07) is -0.560. The van der Waals surface area contributed by atoms with Gasteiger partial charge in [0, 0.05) is 19.6 Å². The molecule has 0 spiro atoms. The first-order valence-electron chi connectivity index (χ1n) is 6.75. The van der Waals surface area contributed by atoms with Crippen LogP contribution in [0.25, 0.3) is 0 Å². The van der Waals surface area contributed by atoms with Crippen molar-refractivity contribution in [1.82, 2.24) is 14.7 Å². The van der Waals surface area contributed by atoms with Crippen molar-refractivity contribution in [2.24, 2.45) is 5.92 Å². The summed E-state index contributed by atoms with van der Waals surface area (Å²) >= 11 is 0. The van der Waals surface area contributed by atoms with E-state index in [1.165, 1.54) is 4.90 Å². The maximum absolute atomic E-state index is 12.4. The molecule has 0 aromatic heterocycles. The second-order valence-electron chi connectivity index (χ2n) is 5.57. The molecule has 0 heterocycles. The van der Waals surface area contributed by atoms with Gasteiger partial charge in [-0.25, -0.2) is 4.79 Å². The maximum atomic E-state index is 12.4. The van der Waals surface area contributed by atoms with E-state index in [1.807, 2.05) is 32.8 Å². The molecule has 0 aromatic carbocycles. The second-order valence-corrected chi connectivity index (χ2v) is 5.57. The van der Waals surface area contributed by atoms with E-state index in [1.54, 1.807) is 0 Å². The highest BCUT2D eigenvalue weighted by atomic mass is 16.4. The van der Waals surface area contributed by atoms with Crippen LogP contribution in [0.3, 0.4) is 0 Å². The first kappa shape index (κ1) is 19.2. The fourth-order valence-corrected chi connectivity index (χ4v) is 1.74. The van der Waals surface area contributed by atoms with Crippen molar-refractivity contribution < 1.29 is 24.6 Å². The number of amides is 2. The van der Waals surface area contributed by atoms with Crippen molar-refractivity contribution in [2.75, 3.05) is 46.8 Å². The van der Waals surface area contributed by atoms with Gasteiger partial charge < -0.3 is 24.9 Å². The first-order chi connectivity index (χ1) is 9.63. The zero-order valence-corrected chi connectivity index (χ0v) is 13.1. The minimum absolute atomic E-state index is 0.201. The number of likely N-dealkylation sites (N-methyl/N-ethyl adjacent to an activating group) is 1. The molecule has 0 radical (unpaired) electrons. The molecular weight excluding hydrogens is 278 g/mol. The number of carboxylic acids is 2. The van der Waals surface area contributed by atoms with Gasteiger partial charge in [0.25, 0.3) is 0 Å². The monoisotopic (exact) mass is 303 g/mol. The molecule has 0 aromatic rings. The van der Waals surface area contributed by atoms with Crippen molar-refractivity contribution in [1.29, 1.82) is 0 Å². The number of nitrogens with zero attached hydrogens (tertiary/aromatic N) is 3. The van der Waals surface area contributed by atoms with Gasteiger partial charge in [-0.15, -0.1) is 0 Å². The topological polar surface area (TPSA) is 101 Å². The van der Waals surface area contributed by atoms with Gasteiger partial charge in [-0.05, 0) is 20.0 Å². The third-order valence-electron chi connectivity index (χ3n) is 2.60. The average molecular weight is 303 g/mol. The third-order valence-corrected chi connectivity index (χ3v) is 2.60. The quantitative estimate of drug-likeness (QED) is 0.626. The van der Waals surface area contributed by atoms with Crippen LogP contribution < -0.4 is 0 Å². The summed E-state index contributed by atoms with van der Waals surface area (Å²) in [5.74, 6) is -2.27. The Kier molecular flexibility index (Phi) is 8.37. The molecule has 0 aliphatic heterocycles. The molecule has 0 atom stereocenters.